The zero-order valence-corrected chi connectivity index (χ0v) is 16.7. The Morgan fingerprint density at radius 3 is 1.92 bits per heavy atom. The van der Waals surface area contributed by atoms with Crippen molar-refractivity contribution in [2.45, 2.75) is 45.3 Å². The summed E-state index contributed by atoms with van der Waals surface area (Å²) in [6, 6.07) is 11.0. The summed E-state index contributed by atoms with van der Waals surface area (Å²) in [5.41, 5.74) is 3.82. The van der Waals surface area contributed by atoms with Gasteiger partial charge in [0.2, 0.25) is 0 Å². The van der Waals surface area contributed by atoms with Gasteiger partial charge in [0.05, 0.1) is 14.2 Å². The normalized spacial score (nSPS) is 13.9. The molecule has 2 aromatic rings. The van der Waals surface area contributed by atoms with Crippen molar-refractivity contribution in [3.63, 3.8) is 0 Å². The summed E-state index contributed by atoms with van der Waals surface area (Å²) in [4.78, 5) is 2.49. The molecule has 1 aliphatic rings. The fraction of sp³-hybridized carbons (Fsp3) is 0.429. The Bertz CT molecular complexity index is 713. The molecule has 3 rings (SSSR count). The Balaban J connectivity index is 0.00000243. The summed E-state index contributed by atoms with van der Waals surface area (Å²) in [5, 5.41) is 0. The second-order valence-electron chi connectivity index (χ2n) is 7.27. The van der Waals surface area contributed by atoms with E-state index in [4.69, 9.17) is 9.47 Å². The Hall–Kier alpha value is -1.78. The highest BCUT2D eigenvalue weighted by Gasteiger charge is 2.32. The van der Waals surface area contributed by atoms with Gasteiger partial charge in [-0.05, 0) is 67.6 Å². The summed E-state index contributed by atoms with van der Waals surface area (Å²) in [6.45, 7) is 6.37. The maximum Gasteiger partial charge on any atom is 0.161 e. The fourth-order valence-electron chi connectivity index (χ4n) is 3.41. The Labute approximate surface area is 161 Å². The quantitative estimate of drug-likeness (QED) is 0.705. The molecule has 0 spiro atoms. The molecule has 0 bridgehead atoms. The third kappa shape index (κ3) is 4.30. The Kier molecular flexibility index (Phi) is 6.53. The first-order valence-electron chi connectivity index (χ1n) is 8.66. The molecule has 0 N–H and O–H groups in total. The first kappa shape index (κ1) is 20.5. The molecular weight excluding hydrogens is 353 g/mol. The van der Waals surface area contributed by atoms with Crippen molar-refractivity contribution in [2.24, 2.45) is 0 Å². The maximum atomic E-state index is 13.1. The van der Waals surface area contributed by atoms with Gasteiger partial charge in [-0.15, -0.1) is 12.4 Å². The number of ether oxygens (including phenoxy) is 2. The number of nitrogens with zero attached hydrogens (tertiary/aromatic N) is 1. The van der Waals surface area contributed by atoms with E-state index in [0.717, 1.165) is 37.4 Å². The van der Waals surface area contributed by atoms with Gasteiger partial charge in [0, 0.05) is 18.6 Å². The van der Waals surface area contributed by atoms with Gasteiger partial charge in [0.25, 0.3) is 0 Å². The molecule has 0 aliphatic carbocycles. The average Bonchev–Trinajstić information content (AvgIpc) is 3.04. The standard InChI is InChI=1S/C21H26FNO2.ClH/c1-21(2,10-9-15-5-7-18(22)8-6-15)23-13-16-11-19(24-3)20(25-4)12-17(16)14-23;/h5-8,11-12H,9-10,13-14H2,1-4H3;1H. The minimum atomic E-state index is -0.180. The lowest BCUT2D eigenvalue weighted by Crippen LogP contribution is -2.40. The van der Waals surface area contributed by atoms with E-state index in [1.807, 2.05) is 12.1 Å². The molecule has 0 saturated heterocycles. The van der Waals surface area contributed by atoms with E-state index in [0.29, 0.717) is 0 Å². The van der Waals surface area contributed by atoms with E-state index < -0.39 is 0 Å². The minimum absolute atomic E-state index is 0. The van der Waals surface area contributed by atoms with Gasteiger partial charge in [-0.2, -0.15) is 0 Å². The summed E-state index contributed by atoms with van der Waals surface area (Å²) in [6.07, 6.45) is 1.95. The first-order valence-corrected chi connectivity index (χ1v) is 8.66. The van der Waals surface area contributed by atoms with Crippen LogP contribution in [0.5, 0.6) is 11.5 Å². The predicted octanol–water partition coefficient (Wildman–Crippen LogP) is 4.99. The number of hydrogen-bond acceptors (Lipinski definition) is 3. The van der Waals surface area contributed by atoms with Gasteiger partial charge < -0.3 is 9.47 Å². The maximum absolute atomic E-state index is 13.1. The van der Waals surface area contributed by atoms with Crippen LogP contribution in [0.25, 0.3) is 0 Å². The molecule has 26 heavy (non-hydrogen) atoms. The molecule has 0 unspecified atom stereocenters. The lowest BCUT2D eigenvalue weighted by Gasteiger charge is -2.35. The zero-order valence-electron chi connectivity index (χ0n) is 15.8. The average molecular weight is 380 g/mol. The second kappa shape index (κ2) is 8.28. The molecule has 142 valence electrons. The van der Waals surface area contributed by atoms with Crippen LogP contribution >= 0.6 is 12.4 Å². The van der Waals surface area contributed by atoms with Crippen LogP contribution < -0.4 is 9.47 Å². The SMILES string of the molecule is COc1cc2c(cc1OC)CN(C(C)(C)CCc1ccc(F)cc1)C2.Cl. The van der Waals surface area contributed by atoms with Crippen molar-refractivity contribution in [1.82, 2.24) is 4.90 Å². The van der Waals surface area contributed by atoms with E-state index in [1.165, 1.54) is 28.8 Å². The van der Waals surface area contributed by atoms with Crippen molar-refractivity contribution >= 4 is 12.4 Å². The predicted molar refractivity (Wildman–Crippen MR) is 105 cm³/mol. The number of hydrogen-bond donors (Lipinski definition) is 0. The van der Waals surface area contributed by atoms with Crippen molar-refractivity contribution in [2.75, 3.05) is 14.2 Å². The van der Waals surface area contributed by atoms with Gasteiger partial charge in [-0.1, -0.05) is 12.1 Å². The minimum Gasteiger partial charge on any atom is -0.493 e. The molecule has 0 fully saturated rings. The van der Waals surface area contributed by atoms with Crippen molar-refractivity contribution < 1.29 is 13.9 Å². The molecule has 0 saturated carbocycles. The Morgan fingerprint density at radius 2 is 1.46 bits per heavy atom. The number of aryl methyl sites for hydroxylation is 1. The molecule has 2 aromatic carbocycles. The third-order valence-corrected chi connectivity index (χ3v) is 5.22. The lowest BCUT2D eigenvalue weighted by molar-refractivity contribution is 0.109. The molecular formula is C21H27ClFNO2. The number of rotatable bonds is 6. The molecule has 0 amide bonds. The third-order valence-electron chi connectivity index (χ3n) is 5.22. The summed E-state index contributed by atoms with van der Waals surface area (Å²) in [5.74, 6) is 1.39. The highest BCUT2D eigenvalue weighted by molar-refractivity contribution is 5.85. The molecule has 0 aromatic heterocycles. The summed E-state index contributed by atoms with van der Waals surface area (Å²) >= 11 is 0. The first-order chi connectivity index (χ1) is 11.9. The van der Waals surface area contributed by atoms with Crippen molar-refractivity contribution in [1.29, 1.82) is 0 Å². The fourth-order valence-corrected chi connectivity index (χ4v) is 3.41. The van der Waals surface area contributed by atoms with Gasteiger partial charge in [-0.3, -0.25) is 4.90 Å². The van der Waals surface area contributed by atoms with E-state index in [-0.39, 0.29) is 23.8 Å². The highest BCUT2D eigenvalue weighted by Crippen LogP contribution is 2.38. The van der Waals surface area contributed by atoms with Crippen molar-refractivity contribution in [3.8, 4) is 11.5 Å². The van der Waals surface area contributed by atoms with Gasteiger partial charge in [0.15, 0.2) is 11.5 Å². The smallest absolute Gasteiger partial charge is 0.161 e. The summed E-state index contributed by atoms with van der Waals surface area (Å²) < 4.78 is 23.9. The molecule has 5 heteroatoms. The van der Waals surface area contributed by atoms with Crippen LogP contribution in [0.2, 0.25) is 0 Å². The van der Waals surface area contributed by atoms with Crippen LogP contribution in [0.3, 0.4) is 0 Å². The summed E-state index contributed by atoms with van der Waals surface area (Å²) in [7, 11) is 3.34. The zero-order chi connectivity index (χ0) is 18.0. The Morgan fingerprint density at radius 1 is 0.962 bits per heavy atom. The van der Waals surface area contributed by atoms with Crippen LogP contribution in [0.4, 0.5) is 4.39 Å². The van der Waals surface area contributed by atoms with E-state index in [9.17, 15) is 4.39 Å². The van der Waals surface area contributed by atoms with E-state index in [1.54, 1.807) is 14.2 Å². The molecule has 0 radical (unpaired) electrons. The second-order valence-corrected chi connectivity index (χ2v) is 7.27. The van der Waals surface area contributed by atoms with Gasteiger partial charge in [-0.25, -0.2) is 4.39 Å². The van der Waals surface area contributed by atoms with E-state index in [2.05, 4.69) is 30.9 Å². The molecule has 3 nitrogen and oxygen atoms in total. The molecule has 1 heterocycles. The van der Waals surface area contributed by atoms with Gasteiger partial charge >= 0.3 is 0 Å². The van der Waals surface area contributed by atoms with Crippen LogP contribution in [0.1, 0.15) is 37.0 Å². The largest absolute Gasteiger partial charge is 0.493 e. The van der Waals surface area contributed by atoms with Gasteiger partial charge in [0.1, 0.15) is 5.82 Å². The topological polar surface area (TPSA) is 21.7 Å². The highest BCUT2D eigenvalue weighted by atomic mass is 35.5. The monoisotopic (exact) mass is 379 g/mol. The number of methoxy groups -OCH3 is 2. The molecule has 1 aliphatic heterocycles. The van der Waals surface area contributed by atoms with Crippen LogP contribution in [0, 0.1) is 5.82 Å². The van der Waals surface area contributed by atoms with E-state index >= 15 is 0 Å². The number of benzene rings is 2. The van der Waals surface area contributed by atoms with Crippen LogP contribution in [0.15, 0.2) is 36.4 Å². The number of halogens is 2. The lowest BCUT2D eigenvalue weighted by atomic mass is 9.93. The van der Waals surface area contributed by atoms with Crippen molar-refractivity contribution in [3.05, 3.63) is 58.9 Å². The molecule has 0 atom stereocenters. The number of fused-ring (bicyclic) bond motifs is 1. The van der Waals surface area contributed by atoms with Crippen LogP contribution in [-0.4, -0.2) is 24.7 Å². The van der Waals surface area contributed by atoms with Crippen LogP contribution in [-0.2, 0) is 19.5 Å².